The molecule has 27 heavy (non-hydrogen) atoms. The zero-order chi connectivity index (χ0) is 19.6. The zero-order valence-corrected chi connectivity index (χ0v) is 16.5. The number of hydrogen-bond acceptors (Lipinski definition) is 2. The van der Waals surface area contributed by atoms with Crippen LogP contribution in [0, 0.1) is 6.92 Å². The second-order valence-corrected chi connectivity index (χ2v) is 7.14. The smallest absolute Gasteiger partial charge is 0.244 e. The lowest BCUT2D eigenvalue weighted by Crippen LogP contribution is -2.37. The summed E-state index contributed by atoms with van der Waals surface area (Å²) in [5.74, 6) is -0.533. The summed E-state index contributed by atoms with van der Waals surface area (Å²) in [7, 11) is 1.59. The van der Waals surface area contributed by atoms with E-state index in [0.29, 0.717) is 15.7 Å². The molecular formula is C20H19Cl2N3O2. The van der Waals surface area contributed by atoms with E-state index in [1.807, 2.05) is 41.8 Å². The third-order valence-electron chi connectivity index (χ3n) is 4.34. The van der Waals surface area contributed by atoms with Gasteiger partial charge < -0.3 is 14.8 Å². The maximum absolute atomic E-state index is 12.6. The molecule has 7 heteroatoms. The summed E-state index contributed by atoms with van der Waals surface area (Å²) >= 11 is 12.1. The lowest BCUT2D eigenvalue weighted by Gasteiger charge is -2.19. The van der Waals surface area contributed by atoms with Gasteiger partial charge in [0.05, 0.1) is 22.3 Å². The second kappa shape index (κ2) is 8.03. The van der Waals surface area contributed by atoms with Crippen molar-refractivity contribution in [1.82, 2.24) is 9.47 Å². The first-order chi connectivity index (χ1) is 12.9. The van der Waals surface area contributed by atoms with E-state index in [1.165, 1.54) is 4.90 Å². The van der Waals surface area contributed by atoms with Gasteiger partial charge in [-0.25, -0.2) is 0 Å². The number of hydrogen-bond donors (Lipinski definition) is 1. The van der Waals surface area contributed by atoms with E-state index in [4.69, 9.17) is 23.2 Å². The maximum atomic E-state index is 12.6. The van der Waals surface area contributed by atoms with Gasteiger partial charge in [0.15, 0.2) is 0 Å². The minimum absolute atomic E-state index is 0.0986. The minimum atomic E-state index is -0.366. The summed E-state index contributed by atoms with van der Waals surface area (Å²) in [4.78, 5) is 26.3. The van der Waals surface area contributed by atoms with Crippen LogP contribution in [0.15, 0.2) is 48.5 Å². The fourth-order valence-corrected chi connectivity index (χ4v) is 3.41. The normalized spacial score (nSPS) is 10.8. The molecule has 0 fully saturated rings. The number of likely N-dealkylation sites (N-methyl/N-ethyl adjacent to an activating group) is 1. The summed E-state index contributed by atoms with van der Waals surface area (Å²) in [6.45, 7) is 2.02. The van der Waals surface area contributed by atoms with E-state index >= 15 is 0 Å². The number of aryl methyl sites for hydroxylation is 1. The van der Waals surface area contributed by atoms with Crippen LogP contribution in [0.3, 0.4) is 0 Å². The Morgan fingerprint density at radius 3 is 2.44 bits per heavy atom. The van der Waals surface area contributed by atoms with Crippen molar-refractivity contribution in [3.63, 3.8) is 0 Å². The van der Waals surface area contributed by atoms with Gasteiger partial charge in [-0.3, -0.25) is 9.59 Å². The average molecular weight is 404 g/mol. The molecule has 0 aliphatic heterocycles. The number of halogens is 2. The number of benzene rings is 2. The van der Waals surface area contributed by atoms with Crippen molar-refractivity contribution in [3.8, 4) is 0 Å². The van der Waals surface area contributed by atoms with Gasteiger partial charge in [0, 0.05) is 18.3 Å². The van der Waals surface area contributed by atoms with Crippen LogP contribution in [0.4, 0.5) is 5.69 Å². The van der Waals surface area contributed by atoms with E-state index in [-0.39, 0.29) is 24.9 Å². The Kier molecular flexibility index (Phi) is 5.73. The van der Waals surface area contributed by atoms with E-state index in [2.05, 4.69) is 5.32 Å². The Hall–Kier alpha value is -2.50. The van der Waals surface area contributed by atoms with Crippen LogP contribution in [0.25, 0.3) is 10.9 Å². The van der Waals surface area contributed by atoms with Crippen LogP contribution in [0.2, 0.25) is 10.0 Å². The first kappa shape index (κ1) is 19.3. The van der Waals surface area contributed by atoms with Gasteiger partial charge in [-0.1, -0.05) is 47.5 Å². The Balaban J connectivity index is 1.67. The monoisotopic (exact) mass is 403 g/mol. The van der Waals surface area contributed by atoms with Crippen molar-refractivity contribution in [3.05, 3.63) is 64.3 Å². The number of carbonyl (C=O) groups is 2. The number of rotatable bonds is 5. The van der Waals surface area contributed by atoms with Crippen LogP contribution in [0.5, 0.6) is 0 Å². The Bertz CT molecular complexity index is 993. The molecule has 0 saturated carbocycles. The van der Waals surface area contributed by atoms with Crippen LogP contribution >= 0.6 is 23.2 Å². The maximum Gasteiger partial charge on any atom is 0.244 e. The summed E-state index contributed by atoms with van der Waals surface area (Å²) in [5.41, 5.74) is 2.33. The van der Waals surface area contributed by atoms with Gasteiger partial charge in [0.1, 0.15) is 6.54 Å². The predicted octanol–water partition coefficient (Wildman–Crippen LogP) is 4.35. The first-order valence-electron chi connectivity index (χ1n) is 8.39. The molecule has 2 amide bonds. The highest BCUT2D eigenvalue weighted by atomic mass is 35.5. The number of aromatic nitrogens is 1. The van der Waals surface area contributed by atoms with E-state index in [9.17, 15) is 9.59 Å². The molecule has 3 aromatic rings. The van der Waals surface area contributed by atoms with Gasteiger partial charge >= 0.3 is 0 Å². The van der Waals surface area contributed by atoms with Crippen LogP contribution in [0.1, 0.15) is 5.69 Å². The van der Waals surface area contributed by atoms with Crippen molar-refractivity contribution in [2.24, 2.45) is 0 Å². The van der Waals surface area contributed by atoms with Crippen molar-refractivity contribution in [1.29, 1.82) is 0 Å². The molecule has 0 aliphatic rings. The largest absolute Gasteiger partial charge is 0.335 e. The molecule has 1 heterocycles. The fourth-order valence-electron chi connectivity index (χ4n) is 2.91. The molecule has 0 radical (unpaired) electrons. The lowest BCUT2D eigenvalue weighted by molar-refractivity contribution is -0.133. The van der Waals surface area contributed by atoms with Gasteiger partial charge in [0.25, 0.3) is 0 Å². The van der Waals surface area contributed by atoms with E-state index in [1.54, 1.807) is 25.2 Å². The number of carbonyl (C=O) groups excluding carboxylic acids is 2. The lowest BCUT2D eigenvalue weighted by atomic mass is 10.2. The highest BCUT2D eigenvalue weighted by Gasteiger charge is 2.17. The Morgan fingerprint density at radius 2 is 1.74 bits per heavy atom. The molecule has 1 N–H and O–H groups in total. The van der Waals surface area contributed by atoms with Crippen LogP contribution < -0.4 is 5.32 Å². The molecule has 0 unspecified atom stereocenters. The molecule has 0 atom stereocenters. The highest BCUT2D eigenvalue weighted by molar-refractivity contribution is 6.39. The summed E-state index contributed by atoms with van der Waals surface area (Å²) in [6, 6.07) is 14.9. The van der Waals surface area contributed by atoms with Crippen molar-refractivity contribution in [2.75, 3.05) is 18.9 Å². The standard InChI is InChI=1S/C20H19Cl2N3O2/c1-13-10-14-6-3-4-9-17(14)25(13)12-19(27)24(2)11-18(26)23-20-15(21)7-5-8-16(20)22/h3-10H,11-12H2,1-2H3,(H,23,26). The summed E-state index contributed by atoms with van der Waals surface area (Å²) in [6.07, 6.45) is 0. The van der Waals surface area contributed by atoms with Crippen molar-refractivity contribution < 1.29 is 9.59 Å². The topological polar surface area (TPSA) is 54.3 Å². The van der Waals surface area contributed by atoms with Gasteiger partial charge in [-0.2, -0.15) is 0 Å². The predicted molar refractivity (Wildman–Crippen MR) is 109 cm³/mol. The molecule has 2 aromatic carbocycles. The van der Waals surface area contributed by atoms with E-state index < -0.39 is 0 Å². The third-order valence-corrected chi connectivity index (χ3v) is 4.97. The number of anilines is 1. The third kappa shape index (κ3) is 4.26. The van der Waals surface area contributed by atoms with Gasteiger partial charge in [-0.05, 0) is 36.6 Å². The summed E-state index contributed by atoms with van der Waals surface area (Å²) in [5, 5.41) is 4.43. The number of nitrogens with one attached hydrogen (secondary N) is 1. The minimum Gasteiger partial charge on any atom is -0.335 e. The molecule has 5 nitrogen and oxygen atoms in total. The molecule has 0 aliphatic carbocycles. The molecule has 0 spiro atoms. The average Bonchev–Trinajstić information content (AvgIpc) is 2.94. The SMILES string of the molecule is Cc1cc2ccccc2n1CC(=O)N(C)CC(=O)Nc1c(Cl)cccc1Cl. The molecule has 0 bridgehead atoms. The van der Waals surface area contributed by atoms with Crippen LogP contribution in [-0.2, 0) is 16.1 Å². The second-order valence-electron chi connectivity index (χ2n) is 6.33. The van der Waals surface area contributed by atoms with Crippen molar-refractivity contribution >= 4 is 51.6 Å². The molecule has 140 valence electrons. The number of amides is 2. The first-order valence-corrected chi connectivity index (χ1v) is 9.15. The Morgan fingerprint density at radius 1 is 1.07 bits per heavy atom. The molecule has 0 saturated heterocycles. The Labute approximate surface area is 167 Å². The number of para-hydroxylation sites is 2. The highest BCUT2D eigenvalue weighted by Crippen LogP contribution is 2.29. The molecule has 1 aromatic heterocycles. The zero-order valence-electron chi connectivity index (χ0n) is 15.0. The van der Waals surface area contributed by atoms with Crippen LogP contribution in [-0.4, -0.2) is 34.9 Å². The molecular weight excluding hydrogens is 385 g/mol. The number of nitrogens with zero attached hydrogens (tertiary/aromatic N) is 2. The van der Waals surface area contributed by atoms with E-state index in [0.717, 1.165) is 16.6 Å². The fraction of sp³-hybridized carbons (Fsp3) is 0.200. The quantitative estimate of drug-likeness (QED) is 0.687. The summed E-state index contributed by atoms with van der Waals surface area (Å²) < 4.78 is 1.94. The molecule has 3 rings (SSSR count). The van der Waals surface area contributed by atoms with Crippen molar-refractivity contribution in [2.45, 2.75) is 13.5 Å². The van der Waals surface area contributed by atoms with Gasteiger partial charge in [0.2, 0.25) is 11.8 Å². The van der Waals surface area contributed by atoms with Gasteiger partial charge in [-0.15, -0.1) is 0 Å². The number of fused-ring (bicyclic) bond motifs is 1.